The number of aryl methyl sites for hydroxylation is 1. The third-order valence-electron chi connectivity index (χ3n) is 4.27. The van der Waals surface area contributed by atoms with E-state index in [0.717, 1.165) is 5.69 Å². The first-order chi connectivity index (χ1) is 13.2. The van der Waals surface area contributed by atoms with Gasteiger partial charge in [0.2, 0.25) is 0 Å². The monoisotopic (exact) mass is 396 g/mol. The van der Waals surface area contributed by atoms with Crippen LogP contribution >= 0.6 is 0 Å². The molecule has 28 heavy (non-hydrogen) atoms. The molecular formula is C19H26NO8+. The molecule has 1 aromatic rings. The molecule has 0 radical (unpaired) electrons. The fourth-order valence-corrected chi connectivity index (χ4v) is 3.15. The normalized spacial score (nSPS) is 27.0. The lowest BCUT2D eigenvalue weighted by atomic mass is 9.97. The lowest BCUT2D eigenvalue weighted by molar-refractivity contribution is -0.712. The van der Waals surface area contributed by atoms with Gasteiger partial charge in [0, 0.05) is 46.9 Å². The van der Waals surface area contributed by atoms with Gasteiger partial charge in [0.1, 0.15) is 0 Å². The van der Waals surface area contributed by atoms with Gasteiger partial charge in [0.15, 0.2) is 49.1 Å². The molecule has 1 saturated heterocycles. The van der Waals surface area contributed by atoms with Gasteiger partial charge in [-0.15, -0.1) is 0 Å². The van der Waals surface area contributed by atoms with Crippen LogP contribution in [0.15, 0.2) is 24.4 Å². The summed E-state index contributed by atoms with van der Waals surface area (Å²) in [5.74, 6) is -1.80. The quantitative estimate of drug-likeness (QED) is 0.388. The van der Waals surface area contributed by atoms with E-state index in [2.05, 4.69) is 0 Å². The van der Waals surface area contributed by atoms with Crippen molar-refractivity contribution < 1.29 is 42.6 Å². The summed E-state index contributed by atoms with van der Waals surface area (Å²) >= 11 is 0. The second-order valence-electron chi connectivity index (χ2n) is 6.50. The molecule has 1 fully saturated rings. The van der Waals surface area contributed by atoms with E-state index in [1.165, 1.54) is 27.9 Å². The van der Waals surface area contributed by atoms with Gasteiger partial charge in [-0.3, -0.25) is 14.4 Å². The van der Waals surface area contributed by atoms with Crippen molar-refractivity contribution in [1.29, 1.82) is 0 Å². The fourth-order valence-electron chi connectivity index (χ4n) is 3.15. The lowest BCUT2D eigenvalue weighted by Crippen LogP contribution is -2.64. The van der Waals surface area contributed by atoms with Gasteiger partial charge in [-0.25, -0.2) is 0 Å². The summed E-state index contributed by atoms with van der Waals surface area (Å²) in [5, 5.41) is 0. The zero-order valence-corrected chi connectivity index (χ0v) is 16.6. The van der Waals surface area contributed by atoms with E-state index >= 15 is 0 Å². The van der Waals surface area contributed by atoms with Gasteiger partial charge >= 0.3 is 17.9 Å². The van der Waals surface area contributed by atoms with Crippen LogP contribution in [0.3, 0.4) is 0 Å². The SMILES string of the molecule is CO[C@H]1O[C@H](C[n+]2ccccc2C)[C@@H](OC(C)=O)[C@H](OC(C)=O)[C@H]1OC(C)=O. The Bertz CT molecular complexity index is 722. The molecule has 9 nitrogen and oxygen atoms in total. The molecular weight excluding hydrogens is 370 g/mol. The van der Waals surface area contributed by atoms with Crippen LogP contribution in [0.1, 0.15) is 26.5 Å². The van der Waals surface area contributed by atoms with E-state index in [9.17, 15) is 14.4 Å². The van der Waals surface area contributed by atoms with Gasteiger partial charge in [-0.2, -0.15) is 4.57 Å². The molecule has 1 aliphatic heterocycles. The minimum atomic E-state index is -1.09. The zero-order valence-electron chi connectivity index (χ0n) is 16.6. The third-order valence-corrected chi connectivity index (χ3v) is 4.27. The summed E-state index contributed by atoms with van der Waals surface area (Å²) in [4.78, 5) is 35.0. The summed E-state index contributed by atoms with van der Waals surface area (Å²) in [6.07, 6.45) is -3.04. The number of ether oxygens (including phenoxy) is 5. The molecule has 2 rings (SSSR count). The number of pyridine rings is 1. The maximum absolute atomic E-state index is 11.7. The van der Waals surface area contributed by atoms with Gasteiger partial charge in [-0.05, 0) is 0 Å². The van der Waals surface area contributed by atoms with Gasteiger partial charge in [0.25, 0.3) is 0 Å². The number of nitrogens with zero attached hydrogens (tertiary/aromatic N) is 1. The number of methoxy groups -OCH3 is 1. The number of carbonyl (C=O) groups excluding carboxylic acids is 3. The first kappa shape index (κ1) is 21.8. The summed E-state index contributed by atoms with van der Waals surface area (Å²) in [7, 11) is 1.39. The number of esters is 3. The van der Waals surface area contributed by atoms with Crippen LogP contribution in [0.25, 0.3) is 0 Å². The highest BCUT2D eigenvalue weighted by Gasteiger charge is 2.53. The molecule has 1 aliphatic rings. The molecule has 2 heterocycles. The lowest BCUT2D eigenvalue weighted by Gasteiger charge is -2.43. The number of hydrogen-bond donors (Lipinski definition) is 0. The van der Waals surface area contributed by atoms with Crippen molar-refractivity contribution in [3.63, 3.8) is 0 Å². The Morgan fingerprint density at radius 3 is 2.07 bits per heavy atom. The number of rotatable bonds is 6. The smallest absolute Gasteiger partial charge is 0.303 e. The maximum atomic E-state index is 11.7. The summed E-state index contributed by atoms with van der Waals surface area (Å²) < 4.78 is 29.3. The molecule has 0 amide bonds. The molecule has 0 aliphatic carbocycles. The van der Waals surface area contributed by atoms with Crippen LogP contribution in [0.5, 0.6) is 0 Å². The van der Waals surface area contributed by atoms with Crippen LogP contribution in [-0.4, -0.2) is 55.7 Å². The van der Waals surface area contributed by atoms with Crippen LogP contribution < -0.4 is 4.57 Å². The highest BCUT2D eigenvalue weighted by molar-refractivity contribution is 5.68. The van der Waals surface area contributed by atoms with Crippen LogP contribution in [0.4, 0.5) is 0 Å². The van der Waals surface area contributed by atoms with Crippen molar-refractivity contribution in [2.45, 2.75) is 64.9 Å². The summed E-state index contributed by atoms with van der Waals surface area (Å²) in [6.45, 7) is 5.90. The summed E-state index contributed by atoms with van der Waals surface area (Å²) in [6, 6.07) is 5.67. The molecule has 0 N–H and O–H groups in total. The molecule has 0 aromatic carbocycles. The predicted molar refractivity (Wildman–Crippen MR) is 93.7 cm³/mol. The van der Waals surface area contributed by atoms with E-state index in [1.807, 2.05) is 35.9 Å². The second-order valence-corrected chi connectivity index (χ2v) is 6.50. The Labute approximate surface area is 163 Å². The van der Waals surface area contributed by atoms with E-state index in [1.54, 1.807) is 0 Å². The molecule has 0 unspecified atom stereocenters. The van der Waals surface area contributed by atoms with Gasteiger partial charge in [0.05, 0.1) is 0 Å². The zero-order chi connectivity index (χ0) is 20.8. The first-order valence-corrected chi connectivity index (χ1v) is 8.88. The standard InChI is InChI=1S/C19H26NO8/c1-11-8-6-7-9-20(11)10-15-16(25-12(2)21)17(26-13(3)22)18(27-14(4)23)19(24-5)28-15/h6-9,15-19H,10H2,1-5H3/q+1/t15-,16-,17+,18-,19+/m1/s1. The fraction of sp³-hybridized carbons (Fsp3) is 0.579. The Hall–Kier alpha value is -2.52. The molecule has 154 valence electrons. The van der Waals surface area contributed by atoms with E-state index < -0.39 is 48.6 Å². The average molecular weight is 396 g/mol. The van der Waals surface area contributed by atoms with Crippen molar-refractivity contribution in [2.75, 3.05) is 7.11 Å². The van der Waals surface area contributed by atoms with Gasteiger partial charge < -0.3 is 23.7 Å². The Morgan fingerprint density at radius 2 is 1.54 bits per heavy atom. The minimum Gasteiger partial charge on any atom is -0.455 e. The van der Waals surface area contributed by atoms with E-state index in [0.29, 0.717) is 6.54 Å². The number of aromatic nitrogens is 1. The van der Waals surface area contributed by atoms with Crippen molar-refractivity contribution in [3.05, 3.63) is 30.1 Å². The van der Waals surface area contributed by atoms with Crippen molar-refractivity contribution >= 4 is 17.9 Å². The summed E-state index contributed by atoms with van der Waals surface area (Å²) in [5.41, 5.74) is 0.952. The topological polar surface area (TPSA) is 101 Å². The van der Waals surface area contributed by atoms with Crippen LogP contribution in [0.2, 0.25) is 0 Å². The Kier molecular flexibility index (Phi) is 7.47. The maximum Gasteiger partial charge on any atom is 0.303 e. The molecule has 0 bridgehead atoms. The van der Waals surface area contributed by atoms with Crippen LogP contribution in [0, 0.1) is 6.92 Å². The minimum absolute atomic E-state index is 0.301. The average Bonchev–Trinajstić information content (AvgIpc) is 2.60. The molecule has 9 heteroatoms. The second kappa shape index (κ2) is 9.61. The predicted octanol–water partition coefficient (Wildman–Crippen LogP) is 0.449. The van der Waals surface area contributed by atoms with E-state index in [-0.39, 0.29) is 0 Å². The Morgan fingerprint density at radius 1 is 0.964 bits per heavy atom. The third kappa shape index (κ3) is 5.49. The van der Waals surface area contributed by atoms with Crippen molar-refractivity contribution in [2.24, 2.45) is 0 Å². The number of carbonyl (C=O) groups is 3. The highest BCUT2D eigenvalue weighted by Crippen LogP contribution is 2.29. The molecule has 0 saturated carbocycles. The Balaban J connectivity index is 2.41. The van der Waals surface area contributed by atoms with Gasteiger partial charge in [-0.1, -0.05) is 6.07 Å². The largest absolute Gasteiger partial charge is 0.455 e. The van der Waals surface area contributed by atoms with Crippen molar-refractivity contribution in [3.8, 4) is 0 Å². The van der Waals surface area contributed by atoms with Crippen LogP contribution in [-0.2, 0) is 44.6 Å². The highest BCUT2D eigenvalue weighted by atomic mass is 16.7. The van der Waals surface area contributed by atoms with Crippen molar-refractivity contribution in [1.82, 2.24) is 0 Å². The number of hydrogen-bond acceptors (Lipinski definition) is 8. The molecule has 1 aromatic heterocycles. The van der Waals surface area contributed by atoms with E-state index in [4.69, 9.17) is 23.7 Å². The first-order valence-electron chi connectivity index (χ1n) is 8.88. The molecule has 5 atom stereocenters. The molecule has 0 spiro atoms.